The first-order chi connectivity index (χ1) is 11.7. The van der Waals surface area contributed by atoms with Crippen LogP contribution in [0.25, 0.3) is 0 Å². The number of pyridine rings is 1. The highest BCUT2D eigenvalue weighted by Crippen LogP contribution is 2.10. The maximum absolute atomic E-state index is 12.1. The summed E-state index contributed by atoms with van der Waals surface area (Å²) in [5.41, 5.74) is 5.85. The number of carboxylic acids is 1. The van der Waals surface area contributed by atoms with Crippen molar-refractivity contribution in [1.29, 1.82) is 0 Å². The van der Waals surface area contributed by atoms with Crippen molar-refractivity contribution in [2.24, 2.45) is 5.73 Å². The Bertz CT molecular complexity index is 543. The van der Waals surface area contributed by atoms with E-state index in [0.29, 0.717) is 25.9 Å². The molecule has 3 N–H and O–H groups in total. The van der Waals surface area contributed by atoms with Crippen LogP contribution in [0.4, 0.5) is 0 Å². The van der Waals surface area contributed by atoms with Gasteiger partial charge >= 0.3 is 11.9 Å². The number of carbonyl (C=O) groups is 2. The maximum atomic E-state index is 12.1. The summed E-state index contributed by atoms with van der Waals surface area (Å²) in [6, 6.07) is 4.81. The van der Waals surface area contributed by atoms with E-state index in [-0.39, 0.29) is 12.5 Å². The van der Waals surface area contributed by atoms with Gasteiger partial charge in [0.15, 0.2) is 0 Å². The van der Waals surface area contributed by atoms with E-state index in [2.05, 4.69) is 4.98 Å². The molecule has 1 atom stereocenters. The van der Waals surface area contributed by atoms with E-state index >= 15 is 0 Å². The van der Waals surface area contributed by atoms with Crippen molar-refractivity contribution in [3.05, 3.63) is 30.1 Å². The molecular weight excluding hydrogens is 322 g/mol. The molecule has 0 aliphatic rings. The minimum absolute atomic E-state index is 0.166. The Labute approximate surface area is 149 Å². The van der Waals surface area contributed by atoms with Crippen LogP contribution in [0.3, 0.4) is 0 Å². The number of nitrogens with zero attached hydrogens (tertiary/aromatic N) is 2. The monoisotopic (exact) mass is 351 g/mol. The highest BCUT2D eigenvalue weighted by molar-refractivity contribution is 5.73. The van der Waals surface area contributed by atoms with Gasteiger partial charge < -0.3 is 15.6 Å². The van der Waals surface area contributed by atoms with Gasteiger partial charge in [-0.05, 0) is 52.3 Å². The topological polar surface area (TPSA) is 106 Å². The molecule has 140 valence electrons. The number of carbonyl (C=O) groups excluding carboxylic acids is 1. The van der Waals surface area contributed by atoms with Crippen molar-refractivity contribution in [2.75, 3.05) is 13.1 Å². The first-order valence-electron chi connectivity index (χ1n) is 8.50. The summed E-state index contributed by atoms with van der Waals surface area (Å²) in [5.74, 6) is -1.27. The molecule has 0 radical (unpaired) electrons. The summed E-state index contributed by atoms with van der Waals surface area (Å²) in [7, 11) is 0. The van der Waals surface area contributed by atoms with Gasteiger partial charge in [0.1, 0.15) is 11.6 Å². The van der Waals surface area contributed by atoms with Gasteiger partial charge in [0.2, 0.25) is 0 Å². The Morgan fingerprint density at radius 1 is 1.32 bits per heavy atom. The van der Waals surface area contributed by atoms with Gasteiger partial charge in [-0.15, -0.1) is 0 Å². The Balaban J connectivity index is 2.55. The van der Waals surface area contributed by atoms with E-state index in [1.54, 1.807) is 6.20 Å². The zero-order valence-corrected chi connectivity index (χ0v) is 15.3. The van der Waals surface area contributed by atoms with Gasteiger partial charge in [0, 0.05) is 12.7 Å². The van der Waals surface area contributed by atoms with Gasteiger partial charge in [0.05, 0.1) is 12.2 Å². The number of hydrogen-bond donors (Lipinski definition) is 2. The van der Waals surface area contributed by atoms with Crippen molar-refractivity contribution in [3.8, 4) is 0 Å². The average molecular weight is 351 g/mol. The fourth-order valence-electron chi connectivity index (χ4n) is 2.31. The van der Waals surface area contributed by atoms with Crippen LogP contribution in [-0.4, -0.2) is 51.7 Å². The first kappa shape index (κ1) is 21.1. The molecule has 0 aliphatic heterocycles. The normalized spacial score (nSPS) is 12.8. The number of aromatic nitrogens is 1. The number of rotatable bonds is 10. The lowest BCUT2D eigenvalue weighted by Gasteiger charge is -2.25. The molecular formula is C18H29N3O4. The predicted octanol–water partition coefficient (Wildman–Crippen LogP) is 1.81. The quantitative estimate of drug-likeness (QED) is 0.489. The van der Waals surface area contributed by atoms with E-state index in [1.165, 1.54) is 0 Å². The lowest BCUT2D eigenvalue weighted by Crippen LogP contribution is -2.35. The third-order valence-corrected chi connectivity index (χ3v) is 3.44. The lowest BCUT2D eigenvalue weighted by atomic mass is 10.1. The third kappa shape index (κ3) is 9.79. The molecule has 7 nitrogen and oxygen atoms in total. The maximum Gasteiger partial charge on any atom is 0.320 e. The molecule has 1 aromatic heterocycles. The van der Waals surface area contributed by atoms with Crippen molar-refractivity contribution in [3.63, 3.8) is 0 Å². The van der Waals surface area contributed by atoms with E-state index in [1.807, 2.05) is 43.9 Å². The molecule has 0 bridgehead atoms. The standard InChI is InChI=1S/C18H29N3O4/c1-18(2,3)25-16(22)13-21(12-14-8-4-6-10-20-14)11-7-5-9-15(19)17(23)24/h4,6,8,10,15H,5,7,9,11-13,19H2,1-3H3,(H,23,24). The minimum Gasteiger partial charge on any atom is -0.480 e. The van der Waals surface area contributed by atoms with Gasteiger partial charge in [0.25, 0.3) is 0 Å². The minimum atomic E-state index is -0.987. The van der Waals surface area contributed by atoms with Crippen LogP contribution in [0.1, 0.15) is 45.7 Å². The van der Waals surface area contributed by atoms with Crippen LogP contribution in [0, 0.1) is 0 Å². The fraction of sp³-hybridized carbons (Fsp3) is 0.611. The van der Waals surface area contributed by atoms with Crippen LogP contribution in [0.2, 0.25) is 0 Å². The molecule has 0 saturated carbocycles. The van der Waals surface area contributed by atoms with Crippen LogP contribution in [0.5, 0.6) is 0 Å². The zero-order valence-electron chi connectivity index (χ0n) is 15.3. The molecule has 1 heterocycles. The molecule has 0 aliphatic carbocycles. The average Bonchev–Trinajstić information content (AvgIpc) is 2.50. The summed E-state index contributed by atoms with van der Waals surface area (Å²) in [4.78, 5) is 29.1. The highest BCUT2D eigenvalue weighted by atomic mass is 16.6. The highest BCUT2D eigenvalue weighted by Gasteiger charge is 2.19. The number of nitrogens with two attached hydrogens (primary N) is 1. The number of hydrogen-bond acceptors (Lipinski definition) is 6. The molecule has 0 amide bonds. The van der Waals surface area contributed by atoms with Crippen LogP contribution >= 0.6 is 0 Å². The molecule has 1 unspecified atom stereocenters. The van der Waals surface area contributed by atoms with E-state index in [9.17, 15) is 9.59 Å². The SMILES string of the molecule is CC(C)(C)OC(=O)CN(CCCCC(N)C(=O)O)Cc1ccccn1. The molecule has 0 fully saturated rings. The number of unbranched alkanes of at least 4 members (excludes halogenated alkanes) is 1. The molecule has 0 saturated heterocycles. The van der Waals surface area contributed by atoms with Crippen LogP contribution in [0.15, 0.2) is 24.4 Å². The number of ether oxygens (including phenoxy) is 1. The van der Waals surface area contributed by atoms with Gasteiger partial charge in [-0.1, -0.05) is 12.5 Å². The first-order valence-corrected chi connectivity index (χ1v) is 8.50. The Hall–Kier alpha value is -1.99. The van der Waals surface area contributed by atoms with Crippen molar-refractivity contribution >= 4 is 11.9 Å². The van der Waals surface area contributed by atoms with Gasteiger partial charge in [-0.3, -0.25) is 19.5 Å². The molecule has 25 heavy (non-hydrogen) atoms. The second kappa shape index (κ2) is 10.1. The predicted molar refractivity (Wildman–Crippen MR) is 94.8 cm³/mol. The zero-order chi connectivity index (χ0) is 18.9. The molecule has 0 spiro atoms. The second-order valence-electron chi connectivity index (χ2n) is 7.06. The number of carboxylic acid groups (broad SMARTS) is 1. The molecule has 7 heteroatoms. The van der Waals surface area contributed by atoms with E-state index in [0.717, 1.165) is 12.1 Å². The molecule has 1 aromatic rings. The Morgan fingerprint density at radius 3 is 2.60 bits per heavy atom. The smallest absolute Gasteiger partial charge is 0.320 e. The molecule has 1 rings (SSSR count). The van der Waals surface area contributed by atoms with Crippen molar-refractivity contribution in [1.82, 2.24) is 9.88 Å². The Kier molecular flexibility index (Phi) is 8.51. The molecule has 0 aromatic carbocycles. The van der Waals surface area contributed by atoms with Gasteiger partial charge in [-0.25, -0.2) is 0 Å². The van der Waals surface area contributed by atoms with Crippen molar-refractivity contribution in [2.45, 2.75) is 58.2 Å². The van der Waals surface area contributed by atoms with Crippen molar-refractivity contribution < 1.29 is 19.4 Å². The second-order valence-corrected chi connectivity index (χ2v) is 7.06. The summed E-state index contributed by atoms with van der Waals surface area (Å²) in [6.07, 6.45) is 3.56. The number of aliphatic carboxylic acids is 1. The summed E-state index contributed by atoms with van der Waals surface area (Å²) in [5, 5.41) is 8.81. The Morgan fingerprint density at radius 2 is 2.04 bits per heavy atom. The fourth-order valence-corrected chi connectivity index (χ4v) is 2.31. The lowest BCUT2D eigenvalue weighted by molar-refractivity contribution is -0.156. The van der Waals surface area contributed by atoms with Crippen LogP contribution in [-0.2, 0) is 20.9 Å². The van der Waals surface area contributed by atoms with E-state index in [4.69, 9.17) is 15.6 Å². The van der Waals surface area contributed by atoms with Gasteiger partial charge in [-0.2, -0.15) is 0 Å². The van der Waals surface area contributed by atoms with E-state index < -0.39 is 17.6 Å². The third-order valence-electron chi connectivity index (χ3n) is 3.44. The summed E-state index contributed by atoms with van der Waals surface area (Å²) >= 11 is 0. The summed E-state index contributed by atoms with van der Waals surface area (Å²) < 4.78 is 5.38. The van der Waals surface area contributed by atoms with Crippen LogP contribution < -0.4 is 5.73 Å². The largest absolute Gasteiger partial charge is 0.480 e. The summed E-state index contributed by atoms with van der Waals surface area (Å²) in [6.45, 7) is 6.84. The number of esters is 1.